The van der Waals surface area contributed by atoms with Gasteiger partial charge in [0, 0.05) is 13.7 Å². The van der Waals surface area contributed by atoms with Crippen molar-refractivity contribution >= 4 is 5.91 Å². The minimum absolute atomic E-state index is 0.261. The summed E-state index contributed by atoms with van der Waals surface area (Å²) in [4.78, 5) is 13.3. The number of rotatable bonds is 7. The molecule has 7 nitrogen and oxygen atoms in total. The quantitative estimate of drug-likeness (QED) is 0.482. The molecule has 1 amide bonds. The first-order valence-corrected chi connectivity index (χ1v) is 11.5. The third-order valence-electron chi connectivity index (χ3n) is 6.17. The maximum atomic E-state index is 13.3. The number of ether oxygens (including phenoxy) is 3. The van der Waals surface area contributed by atoms with Crippen molar-refractivity contribution in [3.63, 3.8) is 0 Å². The van der Waals surface area contributed by atoms with E-state index in [0.29, 0.717) is 17.9 Å². The van der Waals surface area contributed by atoms with Crippen LogP contribution in [0.3, 0.4) is 0 Å². The van der Waals surface area contributed by atoms with Crippen LogP contribution in [0.25, 0.3) is 11.1 Å². The monoisotopic (exact) mass is 477 g/mol. The molecular weight excluding hydrogens is 446 g/mol. The van der Waals surface area contributed by atoms with Gasteiger partial charge in [-0.3, -0.25) is 4.79 Å². The van der Waals surface area contributed by atoms with Gasteiger partial charge in [0.15, 0.2) is 0 Å². The van der Waals surface area contributed by atoms with Gasteiger partial charge in [-0.15, -0.1) is 0 Å². The number of carbonyl (C=O) groups excluding carboxylic acids is 1. The highest BCUT2D eigenvalue weighted by molar-refractivity contribution is 6.01. The lowest BCUT2D eigenvalue weighted by Crippen LogP contribution is -2.63. The van der Waals surface area contributed by atoms with Gasteiger partial charge in [0.2, 0.25) is 6.29 Å². The third-order valence-corrected chi connectivity index (χ3v) is 6.17. The standard InChI is InChI=1S/C28H31NO6/c1-28(2)25(33-3)23(30)24(31)27(35-28)34-20-14-15-21(19-12-8-5-9-13-19)22(16-20)26(32)29-17-18-10-6-4-7-11-18/h4-16,23-25,27,30-31H,17H2,1-3H3,(H,29,32)/t23-,24+,25-,27+/m0/s1. The molecule has 4 atom stereocenters. The lowest BCUT2D eigenvalue weighted by atomic mass is 9.89. The Morgan fingerprint density at radius 2 is 1.63 bits per heavy atom. The normalized spacial score (nSPS) is 23.5. The van der Waals surface area contributed by atoms with Crippen LogP contribution in [-0.4, -0.2) is 53.4 Å². The molecule has 4 rings (SSSR count). The SMILES string of the molecule is CO[C@H]1[C@@H](O)[C@@H](O)[C@H](Oc2ccc(-c3ccccc3)c(C(=O)NCc3ccccc3)c2)OC1(C)C. The molecule has 35 heavy (non-hydrogen) atoms. The summed E-state index contributed by atoms with van der Waals surface area (Å²) in [6, 6.07) is 24.4. The molecule has 0 spiro atoms. The van der Waals surface area contributed by atoms with Crippen LogP contribution in [0.15, 0.2) is 78.9 Å². The number of hydrogen-bond acceptors (Lipinski definition) is 6. The molecule has 0 unspecified atom stereocenters. The van der Waals surface area contributed by atoms with Gasteiger partial charge in [0.1, 0.15) is 24.1 Å². The summed E-state index contributed by atoms with van der Waals surface area (Å²) in [7, 11) is 1.45. The number of benzene rings is 3. The first-order valence-electron chi connectivity index (χ1n) is 11.5. The number of carbonyl (C=O) groups is 1. The lowest BCUT2D eigenvalue weighted by Gasteiger charge is -2.46. The minimum atomic E-state index is -1.34. The zero-order valence-corrected chi connectivity index (χ0v) is 20.0. The van der Waals surface area contributed by atoms with Gasteiger partial charge >= 0.3 is 0 Å². The van der Waals surface area contributed by atoms with Gasteiger partial charge in [-0.05, 0) is 48.7 Å². The largest absolute Gasteiger partial charge is 0.462 e. The highest BCUT2D eigenvalue weighted by Gasteiger charge is 2.50. The number of hydrogen-bond donors (Lipinski definition) is 3. The molecule has 3 aromatic carbocycles. The second kappa shape index (κ2) is 10.6. The summed E-state index contributed by atoms with van der Waals surface area (Å²) in [5.74, 6) is 0.0699. The Bertz CT molecular complexity index is 1130. The van der Waals surface area contributed by atoms with Gasteiger partial charge in [-0.2, -0.15) is 0 Å². The van der Waals surface area contributed by atoms with Crippen molar-refractivity contribution in [2.75, 3.05) is 7.11 Å². The van der Waals surface area contributed by atoms with Crippen LogP contribution in [0.2, 0.25) is 0 Å². The summed E-state index contributed by atoms with van der Waals surface area (Å²) >= 11 is 0. The Morgan fingerprint density at radius 3 is 2.29 bits per heavy atom. The van der Waals surface area contributed by atoms with Gasteiger partial charge in [0.25, 0.3) is 5.91 Å². The van der Waals surface area contributed by atoms with Crippen molar-refractivity contribution in [3.05, 3.63) is 90.0 Å². The van der Waals surface area contributed by atoms with Crippen LogP contribution in [0.5, 0.6) is 5.75 Å². The first kappa shape index (κ1) is 24.9. The minimum Gasteiger partial charge on any atom is -0.462 e. The van der Waals surface area contributed by atoms with Crippen molar-refractivity contribution in [2.24, 2.45) is 0 Å². The molecule has 0 aliphatic carbocycles. The second-order valence-electron chi connectivity index (χ2n) is 9.09. The van der Waals surface area contributed by atoms with Gasteiger partial charge in [0.05, 0.1) is 11.2 Å². The topological polar surface area (TPSA) is 97.3 Å². The fourth-order valence-corrected chi connectivity index (χ4v) is 4.37. The van der Waals surface area contributed by atoms with Crippen molar-refractivity contribution in [1.82, 2.24) is 5.32 Å². The molecule has 0 saturated carbocycles. The summed E-state index contributed by atoms with van der Waals surface area (Å²) in [5, 5.41) is 24.1. The van der Waals surface area contributed by atoms with Crippen LogP contribution < -0.4 is 10.1 Å². The van der Waals surface area contributed by atoms with Crippen molar-refractivity contribution < 1.29 is 29.2 Å². The highest BCUT2D eigenvalue weighted by atomic mass is 16.7. The Hall–Kier alpha value is -3.23. The van der Waals surface area contributed by atoms with E-state index in [1.165, 1.54) is 7.11 Å². The van der Waals surface area contributed by atoms with Crippen molar-refractivity contribution in [3.8, 4) is 16.9 Å². The Balaban J connectivity index is 1.61. The van der Waals surface area contributed by atoms with Crippen molar-refractivity contribution in [2.45, 2.75) is 50.6 Å². The molecule has 3 N–H and O–H groups in total. The molecule has 1 aliphatic rings. The van der Waals surface area contributed by atoms with Gasteiger partial charge < -0.3 is 29.7 Å². The average molecular weight is 478 g/mol. The summed E-state index contributed by atoms with van der Waals surface area (Å²) in [6.07, 6.45) is -4.41. The fourth-order valence-electron chi connectivity index (χ4n) is 4.37. The van der Waals surface area contributed by atoms with Crippen LogP contribution >= 0.6 is 0 Å². The van der Waals surface area contributed by atoms with E-state index in [4.69, 9.17) is 14.2 Å². The Kier molecular flexibility index (Phi) is 7.52. The first-order chi connectivity index (χ1) is 16.8. The van der Waals surface area contributed by atoms with Crippen molar-refractivity contribution in [1.29, 1.82) is 0 Å². The highest BCUT2D eigenvalue weighted by Crippen LogP contribution is 2.34. The van der Waals surface area contributed by atoms with Gasteiger partial charge in [-0.1, -0.05) is 60.7 Å². The van der Waals surface area contributed by atoms with E-state index in [2.05, 4.69) is 5.32 Å². The Labute approximate surface area is 205 Å². The van der Waals surface area contributed by atoms with E-state index in [1.54, 1.807) is 32.0 Å². The molecule has 0 bridgehead atoms. The Morgan fingerprint density at radius 1 is 0.971 bits per heavy atom. The molecule has 3 aromatic rings. The summed E-state index contributed by atoms with van der Waals surface area (Å²) < 4.78 is 17.2. The lowest BCUT2D eigenvalue weighted by molar-refractivity contribution is -0.305. The fraction of sp³-hybridized carbons (Fsp3) is 0.321. The summed E-state index contributed by atoms with van der Waals surface area (Å²) in [5.41, 5.74) is 2.13. The predicted molar refractivity (Wildman–Crippen MR) is 132 cm³/mol. The predicted octanol–water partition coefficient (Wildman–Crippen LogP) is 3.53. The zero-order chi connectivity index (χ0) is 25.0. The molecule has 0 aromatic heterocycles. The third kappa shape index (κ3) is 5.55. The van der Waals surface area contributed by atoms with E-state index in [0.717, 1.165) is 16.7 Å². The van der Waals surface area contributed by atoms with E-state index in [-0.39, 0.29) is 5.91 Å². The average Bonchev–Trinajstić information content (AvgIpc) is 2.87. The maximum Gasteiger partial charge on any atom is 0.252 e. The van der Waals surface area contributed by atoms with Crippen LogP contribution in [-0.2, 0) is 16.0 Å². The second-order valence-corrected chi connectivity index (χ2v) is 9.09. The zero-order valence-electron chi connectivity index (χ0n) is 20.0. The number of aliphatic hydroxyl groups excluding tert-OH is 2. The van der Waals surface area contributed by atoms with Gasteiger partial charge in [-0.25, -0.2) is 0 Å². The smallest absolute Gasteiger partial charge is 0.252 e. The van der Waals surface area contributed by atoms with Crippen LogP contribution in [0, 0.1) is 0 Å². The van der Waals surface area contributed by atoms with E-state index < -0.39 is 30.2 Å². The van der Waals surface area contributed by atoms with E-state index in [1.807, 2.05) is 60.7 Å². The molecule has 7 heteroatoms. The molecule has 0 radical (unpaired) electrons. The number of methoxy groups -OCH3 is 1. The molecule has 184 valence electrons. The summed E-state index contributed by atoms with van der Waals surface area (Å²) in [6.45, 7) is 3.89. The van der Waals surface area contributed by atoms with Crippen LogP contribution in [0.4, 0.5) is 0 Å². The molecular formula is C28H31NO6. The molecule has 1 aliphatic heterocycles. The number of amides is 1. The number of aliphatic hydroxyl groups is 2. The number of nitrogens with one attached hydrogen (secondary N) is 1. The van der Waals surface area contributed by atoms with Crippen LogP contribution in [0.1, 0.15) is 29.8 Å². The maximum absolute atomic E-state index is 13.3. The molecule has 1 heterocycles. The van der Waals surface area contributed by atoms with E-state index in [9.17, 15) is 15.0 Å². The molecule has 1 saturated heterocycles. The van der Waals surface area contributed by atoms with E-state index >= 15 is 0 Å². The molecule has 1 fully saturated rings.